The van der Waals surface area contributed by atoms with Crippen LogP contribution in [-0.4, -0.2) is 23.4 Å². The average molecular weight is 219 g/mol. The van der Waals surface area contributed by atoms with Crippen molar-refractivity contribution in [1.29, 1.82) is 0 Å². The van der Waals surface area contributed by atoms with Gasteiger partial charge in [-0.3, -0.25) is 0 Å². The maximum absolute atomic E-state index is 13.0. The molecule has 0 aromatic heterocycles. The molecule has 0 saturated carbocycles. The number of hydrogen-bond acceptors (Lipinski definition) is 2. The van der Waals surface area contributed by atoms with Crippen molar-refractivity contribution in [2.45, 2.75) is 6.42 Å². The molecule has 0 amide bonds. The van der Waals surface area contributed by atoms with Crippen LogP contribution in [0.5, 0.6) is 0 Å². The minimum absolute atomic E-state index is 0.0818. The molecule has 4 heteroatoms. The van der Waals surface area contributed by atoms with Gasteiger partial charge in [0.2, 0.25) is 0 Å². The lowest BCUT2D eigenvalue weighted by atomic mass is 10.0. The highest BCUT2D eigenvalue weighted by atomic mass is 35.5. The number of aliphatic hydroxyl groups is 2. The topological polar surface area (TPSA) is 40.5 Å². The van der Waals surface area contributed by atoms with Crippen molar-refractivity contribution < 1.29 is 14.6 Å². The second-order valence-electron chi connectivity index (χ2n) is 3.18. The summed E-state index contributed by atoms with van der Waals surface area (Å²) in [6.07, 6.45) is 0.446. The highest BCUT2D eigenvalue weighted by Gasteiger charge is 2.08. The lowest BCUT2D eigenvalue weighted by molar-refractivity contribution is 0.150. The molecular weight excluding hydrogens is 207 g/mol. The summed E-state index contributed by atoms with van der Waals surface area (Å²) in [7, 11) is 0. The summed E-state index contributed by atoms with van der Waals surface area (Å²) >= 11 is 5.51. The van der Waals surface area contributed by atoms with Gasteiger partial charge in [0, 0.05) is 19.1 Å². The van der Waals surface area contributed by atoms with Crippen molar-refractivity contribution in [1.82, 2.24) is 0 Å². The van der Waals surface area contributed by atoms with E-state index in [-0.39, 0.29) is 24.2 Å². The van der Waals surface area contributed by atoms with Gasteiger partial charge in [0.05, 0.1) is 5.02 Å². The van der Waals surface area contributed by atoms with Crippen LogP contribution in [0.25, 0.3) is 0 Å². The van der Waals surface area contributed by atoms with Gasteiger partial charge in [-0.15, -0.1) is 0 Å². The Morgan fingerprint density at radius 2 is 1.93 bits per heavy atom. The fourth-order valence-corrected chi connectivity index (χ4v) is 1.30. The number of aliphatic hydroxyl groups excluding tert-OH is 2. The SMILES string of the molecule is OCC(CO)Cc1ccc(Cl)c(F)c1. The molecule has 0 radical (unpaired) electrons. The third-order valence-corrected chi connectivity index (χ3v) is 2.33. The molecule has 1 rings (SSSR count). The maximum Gasteiger partial charge on any atom is 0.142 e. The first-order valence-corrected chi connectivity index (χ1v) is 4.70. The lowest BCUT2D eigenvalue weighted by Crippen LogP contribution is -2.14. The molecule has 0 aliphatic heterocycles. The Morgan fingerprint density at radius 3 is 2.43 bits per heavy atom. The van der Waals surface area contributed by atoms with Crippen LogP contribution in [0.1, 0.15) is 5.56 Å². The summed E-state index contributed by atoms with van der Waals surface area (Å²) in [5.41, 5.74) is 0.722. The molecule has 1 aromatic rings. The molecule has 2 N–H and O–H groups in total. The van der Waals surface area contributed by atoms with E-state index < -0.39 is 5.82 Å². The Balaban J connectivity index is 2.72. The second kappa shape index (κ2) is 5.29. The minimum atomic E-state index is -0.473. The van der Waals surface area contributed by atoms with Gasteiger partial charge >= 0.3 is 0 Å². The van der Waals surface area contributed by atoms with Gasteiger partial charge < -0.3 is 10.2 Å². The van der Waals surface area contributed by atoms with Crippen LogP contribution in [-0.2, 0) is 6.42 Å². The quantitative estimate of drug-likeness (QED) is 0.807. The van der Waals surface area contributed by atoms with Crippen molar-refractivity contribution in [3.63, 3.8) is 0 Å². The summed E-state index contributed by atoms with van der Waals surface area (Å²) in [6, 6.07) is 4.47. The average Bonchev–Trinajstić information content (AvgIpc) is 2.19. The summed E-state index contributed by atoms with van der Waals surface area (Å²) < 4.78 is 13.0. The van der Waals surface area contributed by atoms with Gasteiger partial charge in [-0.1, -0.05) is 17.7 Å². The van der Waals surface area contributed by atoms with E-state index in [4.69, 9.17) is 21.8 Å². The van der Waals surface area contributed by atoms with Crippen LogP contribution in [0.4, 0.5) is 4.39 Å². The first kappa shape index (κ1) is 11.4. The molecule has 0 heterocycles. The molecule has 0 fully saturated rings. The maximum atomic E-state index is 13.0. The Morgan fingerprint density at radius 1 is 1.29 bits per heavy atom. The minimum Gasteiger partial charge on any atom is -0.396 e. The van der Waals surface area contributed by atoms with Crippen molar-refractivity contribution in [2.75, 3.05) is 13.2 Å². The van der Waals surface area contributed by atoms with E-state index in [0.29, 0.717) is 6.42 Å². The zero-order valence-corrected chi connectivity index (χ0v) is 8.34. The summed E-state index contributed by atoms with van der Waals surface area (Å²) in [4.78, 5) is 0. The standard InChI is InChI=1S/C10H12ClFO2/c11-9-2-1-7(4-10(9)12)3-8(5-13)6-14/h1-2,4,8,13-14H,3,5-6H2. The van der Waals surface area contributed by atoms with Crippen LogP contribution in [0.3, 0.4) is 0 Å². The summed E-state index contributed by atoms with van der Waals surface area (Å²) in [5, 5.41) is 17.7. The first-order valence-electron chi connectivity index (χ1n) is 4.33. The van der Waals surface area contributed by atoms with Crippen molar-refractivity contribution >= 4 is 11.6 Å². The Labute approximate surface area is 86.9 Å². The van der Waals surface area contributed by atoms with Crippen molar-refractivity contribution in [2.24, 2.45) is 5.92 Å². The van der Waals surface area contributed by atoms with Gasteiger partial charge in [-0.05, 0) is 24.1 Å². The monoisotopic (exact) mass is 218 g/mol. The molecule has 14 heavy (non-hydrogen) atoms. The Kier molecular flexibility index (Phi) is 4.32. The molecule has 0 bridgehead atoms. The van der Waals surface area contributed by atoms with E-state index in [1.807, 2.05) is 0 Å². The molecule has 2 nitrogen and oxygen atoms in total. The van der Waals surface area contributed by atoms with E-state index in [1.54, 1.807) is 6.07 Å². The third kappa shape index (κ3) is 2.94. The molecule has 1 aromatic carbocycles. The van der Waals surface area contributed by atoms with Crippen LogP contribution in [0, 0.1) is 11.7 Å². The fourth-order valence-electron chi connectivity index (χ4n) is 1.19. The predicted octanol–water partition coefficient (Wildman–Crippen LogP) is 1.62. The lowest BCUT2D eigenvalue weighted by Gasteiger charge is -2.10. The summed E-state index contributed by atoms with van der Waals surface area (Å²) in [6.45, 7) is -0.221. The molecule has 0 saturated heterocycles. The molecule has 78 valence electrons. The van der Waals surface area contributed by atoms with Crippen molar-refractivity contribution in [3.05, 3.63) is 34.6 Å². The molecular formula is C10H12ClFO2. The van der Waals surface area contributed by atoms with E-state index in [0.717, 1.165) is 5.56 Å². The van der Waals surface area contributed by atoms with E-state index >= 15 is 0 Å². The fraction of sp³-hybridized carbons (Fsp3) is 0.400. The largest absolute Gasteiger partial charge is 0.396 e. The molecule has 0 spiro atoms. The molecule has 0 unspecified atom stereocenters. The van der Waals surface area contributed by atoms with E-state index in [9.17, 15) is 4.39 Å². The van der Waals surface area contributed by atoms with Crippen LogP contribution in [0.15, 0.2) is 18.2 Å². The molecule has 0 aliphatic rings. The highest BCUT2D eigenvalue weighted by molar-refractivity contribution is 6.30. The van der Waals surface area contributed by atoms with E-state index in [2.05, 4.69) is 0 Å². The predicted molar refractivity (Wildman–Crippen MR) is 52.8 cm³/mol. The highest BCUT2D eigenvalue weighted by Crippen LogP contribution is 2.17. The Bertz CT molecular complexity index is 300. The molecule has 0 aliphatic carbocycles. The normalized spacial score (nSPS) is 10.9. The number of halogens is 2. The number of hydrogen-bond donors (Lipinski definition) is 2. The van der Waals surface area contributed by atoms with Crippen LogP contribution in [0.2, 0.25) is 5.02 Å². The van der Waals surface area contributed by atoms with Gasteiger partial charge in [-0.2, -0.15) is 0 Å². The molecule has 0 atom stereocenters. The third-order valence-electron chi connectivity index (χ3n) is 2.02. The zero-order valence-electron chi connectivity index (χ0n) is 7.58. The zero-order chi connectivity index (χ0) is 10.6. The summed E-state index contributed by atoms with van der Waals surface area (Å²) in [5.74, 6) is -0.714. The van der Waals surface area contributed by atoms with Crippen LogP contribution < -0.4 is 0 Å². The first-order chi connectivity index (χ1) is 6.67. The second-order valence-corrected chi connectivity index (χ2v) is 3.59. The van der Waals surface area contributed by atoms with Gasteiger partial charge in [0.25, 0.3) is 0 Å². The smallest absolute Gasteiger partial charge is 0.142 e. The number of rotatable bonds is 4. The van der Waals surface area contributed by atoms with Crippen molar-refractivity contribution in [3.8, 4) is 0 Å². The van der Waals surface area contributed by atoms with Gasteiger partial charge in [-0.25, -0.2) is 4.39 Å². The Hall–Kier alpha value is -0.640. The number of benzene rings is 1. The van der Waals surface area contributed by atoms with Gasteiger partial charge in [0.1, 0.15) is 5.82 Å². The van der Waals surface area contributed by atoms with Gasteiger partial charge in [0.15, 0.2) is 0 Å². The van der Waals surface area contributed by atoms with E-state index in [1.165, 1.54) is 12.1 Å². The van der Waals surface area contributed by atoms with Crippen LogP contribution >= 0.6 is 11.6 Å².